The number of hydrogen-bond donors (Lipinski definition) is 1. The fourth-order valence-corrected chi connectivity index (χ4v) is 4.29. The molecule has 3 aromatic rings. The first-order valence-electron chi connectivity index (χ1n) is 10.6. The Morgan fingerprint density at radius 3 is 2.55 bits per heavy atom. The maximum Gasteiger partial charge on any atom is 0.255 e. The second-order valence-electron chi connectivity index (χ2n) is 8.26. The van der Waals surface area contributed by atoms with Gasteiger partial charge in [-0.15, -0.1) is 0 Å². The Morgan fingerprint density at radius 2 is 1.81 bits per heavy atom. The third-order valence-electron chi connectivity index (χ3n) is 5.78. The number of amides is 2. The van der Waals surface area contributed by atoms with Crippen LogP contribution in [-0.4, -0.2) is 42.3 Å². The van der Waals surface area contributed by atoms with Crippen molar-refractivity contribution in [2.75, 3.05) is 20.6 Å². The molecule has 5 heteroatoms. The number of carbonyl (C=O) groups is 2. The molecule has 1 aliphatic rings. The molecule has 0 spiro atoms. The summed E-state index contributed by atoms with van der Waals surface area (Å²) >= 11 is 0. The molecule has 158 valence electrons. The Morgan fingerprint density at radius 1 is 1.10 bits per heavy atom. The Kier molecular flexibility index (Phi) is 5.85. The summed E-state index contributed by atoms with van der Waals surface area (Å²) in [5.74, 6) is 0.0499. The van der Waals surface area contributed by atoms with E-state index >= 15 is 0 Å². The molecular weight excluding hydrogens is 386 g/mol. The Hall–Kier alpha value is -3.47. The summed E-state index contributed by atoms with van der Waals surface area (Å²) in [4.78, 5) is 31.9. The van der Waals surface area contributed by atoms with Crippen molar-refractivity contribution in [3.05, 3.63) is 77.0 Å². The highest BCUT2D eigenvalue weighted by Gasteiger charge is 2.29. The number of fused-ring (bicyclic) bond motifs is 2. The molecule has 1 aliphatic carbocycles. The standard InChI is InChI=1S/C26H27N3O2/c1-17-13-19(15-18-9-5-4-6-10-18)25-21(14-17)24(20-11-7-8-12-22(20)28-25)26(31)29(3)16-23(30)27-2/h4-12,15,17H,13-14,16H2,1-3H3,(H,27,30)/b19-15-. The van der Waals surface area contributed by atoms with Crippen molar-refractivity contribution in [2.45, 2.75) is 19.8 Å². The molecule has 0 fully saturated rings. The molecular formula is C26H27N3O2. The lowest BCUT2D eigenvalue weighted by Crippen LogP contribution is -2.37. The van der Waals surface area contributed by atoms with Gasteiger partial charge < -0.3 is 10.2 Å². The van der Waals surface area contributed by atoms with Crippen LogP contribution in [0.25, 0.3) is 22.6 Å². The molecule has 1 N–H and O–H groups in total. The number of nitrogens with one attached hydrogen (secondary N) is 1. The number of allylic oxidation sites excluding steroid dienone is 1. The van der Waals surface area contributed by atoms with Gasteiger partial charge in [0.15, 0.2) is 0 Å². The maximum atomic E-state index is 13.6. The van der Waals surface area contributed by atoms with E-state index in [1.54, 1.807) is 14.1 Å². The fraction of sp³-hybridized carbons (Fsp3) is 0.269. The number of benzene rings is 2. The Labute approximate surface area is 182 Å². The Bertz CT molecular complexity index is 1170. The van der Waals surface area contributed by atoms with Crippen molar-refractivity contribution in [1.29, 1.82) is 0 Å². The minimum Gasteiger partial charge on any atom is -0.358 e. The molecule has 1 unspecified atom stereocenters. The zero-order valence-corrected chi connectivity index (χ0v) is 18.2. The minimum absolute atomic E-state index is 0.0169. The highest BCUT2D eigenvalue weighted by molar-refractivity contribution is 6.09. The lowest BCUT2D eigenvalue weighted by atomic mass is 9.80. The first-order chi connectivity index (χ1) is 15.0. The average molecular weight is 414 g/mol. The zero-order chi connectivity index (χ0) is 22.0. The molecule has 0 bridgehead atoms. The number of pyridine rings is 1. The van der Waals surface area contributed by atoms with Gasteiger partial charge >= 0.3 is 0 Å². The van der Waals surface area contributed by atoms with Gasteiger partial charge in [-0.2, -0.15) is 0 Å². The van der Waals surface area contributed by atoms with Gasteiger partial charge in [-0.3, -0.25) is 9.59 Å². The molecule has 1 heterocycles. The average Bonchev–Trinajstić information content (AvgIpc) is 2.78. The van der Waals surface area contributed by atoms with Gasteiger partial charge in [0.1, 0.15) is 0 Å². The van der Waals surface area contributed by atoms with E-state index in [1.807, 2.05) is 42.5 Å². The monoisotopic (exact) mass is 413 g/mol. The fourth-order valence-electron chi connectivity index (χ4n) is 4.29. The predicted octanol–water partition coefficient (Wildman–Crippen LogP) is 4.18. The highest BCUT2D eigenvalue weighted by atomic mass is 16.2. The van der Waals surface area contributed by atoms with Crippen LogP contribution in [0.2, 0.25) is 0 Å². The van der Waals surface area contributed by atoms with E-state index in [4.69, 9.17) is 4.98 Å². The Balaban J connectivity index is 1.91. The van der Waals surface area contributed by atoms with Crippen molar-refractivity contribution >= 4 is 34.4 Å². The van der Waals surface area contributed by atoms with Crippen LogP contribution in [0.15, 0.2) is 54.6 Å². The van der Waals surface area contributed by atoms with E-state index in [0.29, 0.717) is 11.5 Å². The molecule has 1 atom stereocenters. The van der Waals surface area contributed by atoms with E-state index in [2.05, 4.69) is 30.4 Å². The molecule has 0 saturated heterocycles. The van der Waals surface area contributed by atoms with Crippen molar-refractivity contribution in [2.24, 2.45) is 5.92 Å². The van der Waals surface area contributed by atoms with E-state index < -0.39 is 0 Å². The SMILES string of the molecule is CNC(=O)CN(C)C(=O)c1c2c(nc3ccccc13)/C(=C\c1ccccc1)CC(C)C2. The third kappa shape index (κ3) is 4.22. The number of nitrogens with zero attached hydrogens (tertiary/aromatic N) is 2. The first-order valence-corrected chi connectivity index (χ1v) is 10.6. The topological polar surface area (TPSA) is 62.3 Å². The van der Waals surface area contributed by atoms with Crippen molar-refractivity contribution < 1.29 is 9.59 Å². The molecule has 31 heavy (non-hydrogen) atoms. The molecule has 2 amide bonds. The van der Waals surface area contributed by atoms with Gasteiger partial charge in [0.2, 0.25) is 5.91 Å². The lowest BCUT2D eigenvalue weighted by molar-refractivity contribution is -0.121. The first kappa shape index (κ1) is 20.8. The van der Waals surface area contributed by atoms with E-state index in [1.165, 1.54) is 4.90 Å². The van der Waals surface area contributed by atoms with Crippen LogP contribution in [-0.2, 0) is 11.2 Å². The molecule has 0 saturated carbocycles. The van der Waals surface area contributed by atoms with E-state index in [-0.39, 0.29) is 18.4 Å². The molecule has 4 rings (SSSR count). The second-order valence-corrected chi connectivity index (χ2v) is 8.26. The number of carbonyl (C=O) groups excluding carboxylic acids is 2. The largest absolute Gasteiger partial charge is 0.358 e. The van der Waals surface area contributed by atoms with Crippen LogP contribution in [0.1, 0.15) is 40.5 Å². The summed E-state index contributed by atoms with van der Waals surface area (Å²) < 4.78 is 0. The van der Waals surface area contributed by atoms with Gasteiger partial charge in [0, 0.05) is 19.5 Å². The van der Waals surface area contributed by atoms with Crippen LogP contribution in [0.4, 0.5) is 0 Å². The van der Waals surface area contributed by atoms with E-state index in [0.717, 1.165) is 46.1 Å². The van der Waals surface area contributed by atoms with Gasteiger partial charge in [-0.25, -0.2) is 4.98 Å². The summed E-state index contributed by atoms with van der Waals surface area (Å²) in [5, 5.41) is 3.43. The number of para-hydroxylation sites is 1. The number of hydrogen-bond acceptors (Lipinski definition) is 3. The van der Waals surface area contributed by atoms with Gasteiger partial charge in [0.25, 0.3) is 5.91 Å². The summed E-state index contributed by atoms with van der Waals surface area (Å²) in [6.45, 7) is 2.22. The van der Waals surface area contributed by atoms with Gasteiger partial charge in [-0.1, -0.05) is 55.5 Å². The van der Waals surface area contributed by atoms with Crippen LogP contribution >= 0.6 is 0 Å². The van der Waals surface area contributed by atoms with Crippen molar-refractivity contribution in [3.63, 3.8) is 0 Å². The number of likely N-dealkylation sites (N-methyl/N-ethyl adjacent to an activating group) is 2. The van der Waals surface area contributed by atoms with Crippen LogP contribution < -0.4 is 5.32 Å². The lowest BCUT2D eigenvalue weighted by Gasteiger charge is -2.28. The second kappa shape index (κ2) is 8.72. The zero-order valence-electron chi connectivity index (χ0n) is 18.2. The molecule has 0 aliphatic heterocycles. The van der Waals surface area contributed by atoms with Crippen LogP contribution in [0, 0.1) is 5.92 Å². The molecule has 0 radical (unpaired) electrons. The summed E-state index contributed by atoms with van der Waals surface area (Å²) in [5.41, 5.74) is 5.61. The van der Waals surface area contributed by atoms with Crippen LogP contribution in [0.5, 0.6) is 0 Å². The molecule has 2 aromatic carbocycles. The smallest absolute Gasteiger partial charge is 0.255 e. The van der Waals surface area contributed by atoms with Crippen molar-refractivity contribution in [1.82, 2.24) is 15.2 Å². The molecule has 5 nitrogen and oxygen atoms in total. The summed E-state index contributed by atoms with van der Waals surface area (Å²) in [6, 6.07) is 18.0. The van der Waals surface area contributed by atoms with Crippen LogP contribution in [0.3, 0.4) is 0 Å². The summed E-state index contributed by atoms with van der Waals surface area (Å²) in [7, 11) is 3.25. The van der Waals surface area contributed by atoms with Gasteiger partial charge in [-0.05, 0) is 47.6 Å². The maximum absolute atomic E-state index is 13.6. The molecule has 1 aromatic heterocycles. The van der Waals surface area contributed by atoms with Crippen molar-refractivity contribution in [3.8, 4) is 0 Å². The normalized spacial score (nSPS) is 16.7. The third-order valence-corrected chi connectivity index (χ3v) is 5.78. The number of aromatic nitrogens is 1. The number of rotatable bonds is 4. The quantitative estimate of drug-likeness (QED) is 0.698. The minimum atomic E-state index is -0.193. The highest BCUT2D eigenvalue weighted by Crippen LogP contribution is 2.38. The predicted molar refractivity (Wildman–Crippen MR) is 125 cm³/mol. The van der Waals surface area contributed by atoms with Gasteiger partial charge in [0.05, 0.1) is 23.3 Å². The summed E-state index contributed by atoms with van der Waals surface area (Å²) in [6.07, 6.45) is 3.88. The van der Waals surface area contributed by atoms with E-state index in [9.17, 15) is 9.59 Å².